The van der Waals surface area contributed by atoms with Gasteiger partial charge in [0.25, 0.3) is 10.0 Å². The summed E-state index contributed by atoms with van der Waals surface area (Å²) in [5.74, 6) is -1.19. The molecule has 0 fully saturated rings. The summed E-state index contributed by atoms with van der Waals surface area (Å²) in [6.07, 6.45) is 3.85. The quantitative estimate of drug-likeness (QED) is 0.856. The molecule has 0 aromatic carbocycles. The fourth-order valence-electron chi connectivity index (χ4n) is 1.20. The Kier molecular flexibility index (Phi) is 3.83. The van der Waals surface area contributed by atoms with Crippen LogP contribution in [0.25, 0.3) is 0 Å². The number of hydrogen-bond acceptors (Lipinski definition) is 6. The lowest BCUT2D eigenvalue weighted by atomic mass is 10.5. The van der Waals surface area contributed by atoms with Gasteiger partial charge in [-0.15, -0.1) is 11.3 Å². The molecule has 2 rings (SSSR count). The molecule has 2 aromatic rings. The van der Waals surface area contributed by atoms with Crippen LogP contribution in [0.1, 0.15) is 9.67 Å². The summed E-state index contributed by atoms with van der Waals surface area (Å²) in [6.45, 7) is 0. The Labute approximate surface area is 120 Å². The molecule has 2 heterocycles. The first-order valence-electron chi connectivity index (χ1n) is 4.70. The number of carbonyl (C=O) groups is 1. The van der Waals surface area contributed by atoms with Crippen LogP contribution in [0.15, 0.2) is 33.5 Å². The topological polar surface area (TPSA) is 109 Å². The van der Waals surface area contributed by atoms with Gasteiger partial charge in [0.15, 0.2) is 0 Å². The number of halogens is 1. The third-order valence-corrected chi connectivity index (χ3v) is 5.59. The Balaban J connectivity index is 2.37. The van der Waals surface area contributed by atoms with E-state index in [4.69, 9.17) is 5.11 Å². The Bertz CT molecular complexity index is 714. The number of carboxylic acids is 1. The van der Waals surface area contributed by atoms with Crippen molar-refractivity contribution in [1.82, 2.24) is 9.97 Å². The third kappa shape index (κ3) is 3.08. The second-order valence-corrected chi connectivity index (χ2v) is 7.31. The van der Waals surface area contributed by atoms with Gasteiger partial charge in [-0.2, -0.15) is 0 Å². The number of rotatable bonds is 4. The number of anilines is 1. The molecule has 2 aromatic heterocycles. The minimum atomic E-state index is -3.89. The number of aromatic carboxylic acids is 1. The van der Waals surface area contributed by atoms with Gasteiger partial charge in [0.05, 0.1) is 21.9 Å². The van der Waals surface area contributed by atoms with Crippen LogP contribution in [0.2, 0.25) is 0 Å². The van der Waals surface area contributed by atoms with Crippen LogP contribution in [-0.2, 0) is 10.0 Å². The van der Waals surface area contributed by atoms with Gasteiger partial charge in [-0.05, 0) is 22.0 Å². The van der Waals surface area contributed by atoms with E-state index in [1.54, 1.807) is 0 Å². The summed E-state index contributed by atoms with van der Waals surface area (Å²) in [4.78, 5) is 17.9. The second-order valence-electron chi connectivity index (χ2n) is 3.29. The molecular formula is C9H6BrN3O4S2. The van der Waals surface area contributed by atoms with Crippen molar-refractivity contribution in [2.24, 2.45) is 0 Å². The van der Waals surface area contributed by atoms with Gasteiger partial charge in [0.2, 0.25) is 0 Å². The van der Waals surface area contributed by atoms with E-state index < -0.39 is 16.0 Å². The largest absolute Gasteiger partial charge is 0.477 e. The van der Waals surface area contributed by atoms with Crippen LogP contribution in [0, 0.1) is 0 Å². The lowest BCUT2D eigenvalue weighted by molar-refractivity contribution is 0.0702. The monoisotopic (exact) mass is 363 g/mol. The molecule has 0 radical (unpaired) electrons. The van der Waals surface area contributed by atoms with Crippen LogP contribution in [0.3, 0.4) is 0 Å². The van der Waals surface area contributed by atoms with E-state index in [1.165, 1.54) is 18.7 Å². The molecule has 0 aliphatic carbocycles. The first-order chi connectivity index (χ1) is 8.90. The maximum absolute atomic E-state index is 12.1. The van der Waals surface area contributed by atoms with Crippen molar-refractivity contribution in [3.63, 3.8) is 0 Å². The molecule has 0 saturated carbocycles. The predicted octanol–water partition coefficient (Wildman–Crippen LogP) is 1.80. The van der Waals surface area contributed by atoms with Crippen molar-refractivity contribution in [2.75, 3.05) is 4.72 Å². The summed E-state index contributed by atoms with van der Waals surface area (Å²) in [7, 11) is -3.89. The van der Waals surface area contributed by atoms with Gasteiger partial charge in [-0.3, -0.25) is 4.72 Å². The zero-order chi connectivity index (χ0) is 14.0. The average Bonchev–Trinajstić information content (AvgIpc) is 2.73. The number of sulfonamides is 1. The van der Waals surface area contributed by atoms with E-state index in [9.17, 15) is 13.2 Å². The zero-order valence-corrected chi connectivity index (χ0v) is 12.3. The molecule has 0 aliphatic rings. The van der Waals surface area contributed by atoms with E-state index in [-0.39, 0.29) is 19.2 Å². The number of thiophene rings is 1. The van der Waals surface area contributed by atoms with Gasteiger partial charge < -0.3 is 5.11 Å². The SMILES string of the molecule is O=C(O)c1cc(S(=O)(=O)Nc2cncnc2)c(Br)s1. The highest BCUT2D eigenvalue weighted by molar-refractivity contribution is 9.11. The van der Waals surface area contributed by atoms with Crippen molar-refractivity contribution in [2.45, 2.75) is 4.90 Å². The van der Waals surface area contributed by atoms with E-state index in [0.717, 1.165) is 17.4 Å². The first kappa shape index (κ1) is 13.9. The second kappa shape index (κ2) is 5.23. The standard InChI is InChI=1S/C9H6BrN3O4S2/c10-8-7(1-6(18-8)9(14)15)19(16,17)13-5-2-11-4-12-3-5/h1-4,13H,(H,14,15). The summed E-state index contributed by atoms with van der Waals surface area (Å²) in [5, 5.41) is 8.83. The molecule has 0 atom stereocenters. The van der Waals surface area contributed by atoms with Crippen LogP contribution >= 0.6 is 27.3 Å². The smallest absolute Gasteiger partial charge is 0.345 e. The summed E-state index contributed by atoms with van der Waals surface area (Å²) < 4.78 is 26.6. The van der Waals surface area contributed by atoms with Crippen LogP contribution in [-0.4, -0.2) is 29.5 Å². The van der Waals surface area contributed by atoms with Crippen LogP contribution < -0.4 is 4.72 Å². The molecule has 0 aliphatic heterocycles. The predicted molar refractivity (Wildman–Crippen MR) is 71.8 cm³/mol. The minimum absolute atomic E-state index is 0.0726. The van der Waals surface area contributed by atoms with Crippen molar-refractivity contribution < 1.29 is 18.3 Å². The van der Waals surface area contributed by atoms with E-state index in [0.29, 0.717) is 0 Å². The fraction of sp³-hybridized carbons (Fsp3) is 0. The van der Waals surface area contributed by atoms with E-state index >= 15 is 0 Å². The van der Waals surface area contributed by atoms with E-state index in [1.807, 2.05) is 0 Å². The number of nitrogens with zero attached hydrogens (tertiary/aromatic N) is 2. The lowest BCUT2D eigenvalue weighted by Crippen LogP contribution is -2.13. The molecule has 0 spiro atoms. The minimum Gasteiger partial charge on any atom is -0.477 e. The highest BCUT2D eigenvalue weighted by Gasteiger charge is 2.23. The Morgan fingerprint density at radius 1 is 1.37 bits per heavy atom. The molecule has 0 unspecified atom stereocenters. The summed E-state index contributed by atoms with van der Waals surface area (Å²) >= 11 is 3.87. The summed E-state index contributed by atoms with van der Waals surface area (Å²) in [5.41, 5.74) is 0.192. The van der Waals surface area contributed by atoms with Gasteiger partial charge in [0.1, 0.15) is 16.1 Å². The first-order valence-corrected chi connectivity index (χ1v) is 7.80. The number of carboxylic acid groups (broad SMARTS) is 1. The Morgan fingerprint density at radius 3 is 2.53 bits per heavy atom. The average molecular weight is 364 g/mol. The maximum atomic E-state index is 12.1. The maximum Gasteiger partial charge on any atom is 0.345 e. The molecule has 10 heteroatoms. The summed E-state index contributed by atoms with van der Waals surface area (Å²) in [6, 6.07) is 1.09. The molecule has 19 heavy (non-hydrogen) atoms. The number of aromatic nitrogens is 2. The Morgan fingerprint density at radius 2 is 2.00 bits per heavy atom. The molecule has 0 bridgehead atoms. The van der Waals surface area contributed by atoms with Crippen molar-refractivity contribution in [3.05, 3.63) is 33.5 Å². The van der Waals surface area contributed by atoms with Crippen LogP contribution in [0.5, 0.6) is 0 Å². The highest BCUT2D eigenvalue weighted by Crippen LogP contribution is 2.32. The van der Waals surface area contributed by atoms with Crippen molar-refractivity contribution in [3.8, 4) is 0 Å². The normalized spacial score (nSPS) is 11.2. The molecule has 100 valence electrons. The molecular weight excluding hydrogens is 358 g/mol. The number of nitrogens with one attached hydrogen (secondary N) is 1. The molecule has 2 N–H and O–H groups in total. The van der Waals surface area contributed by atoms with Gasteiger partial charge in [0, 0.05) is 0 Å². The van der Waals surface area contributed by atoms with Gasteiger partial charge in [-0.1, -0.05) is 0 Å². The molecule has 7 nitrogen and oxygen atoms in total. The van der Waals surface area contributed by atoms with Crippen molar-refractivity contribution >= 4 is 48.9 Å². The zero-order valence-electron chi connectivity index (χ0n) is 9.07. The third-order valence-electron chi connectivity index (χ3n) is 1.97. The fourth-order valence-corrected chi connectivity index (χ4v) is 4.63. The Hall–Kier alpha value is -1.52. The highest BCUT2D eigenvalue weighted by atomic mass is 79.9. The lowest BCUT2D eigenvalue weighted by Gasteiger charge is -2.05. The molecule has 0 saturated heterocycles. The molecule has 0 amide bonds. The van der Waals surface area contributed by atoms with Crippen LogP contribution in [0.4, 0.5) is 5.69 Å². The van der Waals surface area contributed by atoms with E-state index in [2.05, 4.69) is 30.6 Å². The van der Waals surface area contributed by atoms with Gasteiger partial charge in [-0.25, -0.2) is 23.2 Å². The number of hydrogen-bond donors (Lipinski definition) is 2. The van der Waals surface area contributed by atoms with Crippen molar-refractivity contribution in [1.29, 1.82) is 0 Å². The van der Waals surface area contributed by atoms with Gasteiger partial charge >= 0.3 is 5.97 Å².